The fraction of sp³-hybridized carbons (Fsp3) is 0.538. The molecule has 1 fully saturated rings. The summed E-state index contributed by atoms with van der Waals surface area (Å²) in [4.78, 5) is 0. The second-order valence-electron chi connectivity index (χ2n) is 4.31. The molecule has 1 aromatic carbocycles. The number of ether oxygens (including phenoxy) is 2. The van der Waals surface area contributed by atoms with Crippen LogP contribution in [-0.4, -0.2) is 22.4 Å². The molecule has 2 rings (SSSR count). The van der Waals surface area contributed by atoms with Crippen LogP contribution in [0.15, 0.2) is 24.3 Å². The highest BCUT2D eigenvalue weighted by Gasteiger charge is 2.14. The number of hydrogen-bond acceptors (Lipinski definition) is 2. The molecular weight excluding hydrogens is 216 g/mol. The van der Waals surface area contributed by atoms with Crippen LogP contribution in [0.1, 0.15) is 24.8 Å². The zero-order valence-electron chi connectivity index (χ0n) is 9.95. The SMILES string of the molecule is C[SiH2]Cc1ccc(OC2CCCCO2)cc1. The van der Waals surface area contributed by atoms with Gasteiger partial charge in [0.2, 0.25) is 0 Å². The van der Waals surface area contributed by atoms with E-state index in [0.29, 0.717) is 0 Å². The van der Waals surface area contributed by atoms with E-state index in [-0.39, 0.29) is 15.8 Å². The number of rotatable bonds is 4. The van der Waals surface area contributed by atoms with E-state index in [9.17, 15) is 0 Å². The van der Waals surface area contributed by atoms with Gasteiger partial charge in [-0.2, -0.15) is 0 Å². The highest BCUT2D eigenvalue weighted by molar-refractivity contribution is 6.32. The van der Waals surface area contributed by atoms with Crippen LogP contribution in [-0.2, 0) is 10.8 Å². The van der Waals surface area contributed by atoms with Crippen molar-refractivity contribution in [2.24, 2.45) is 0 Å². The fourth-order valence-corrected chi connectivity index (χ4v) is 2.89. The van der Waals surface area contributed by atoms with Crippen molar-refractivity contribution in [2.75, 3.05) is 6.61 Å². The summed E-state index contributed by atoms with van der Waals surface area (Å²) >= 11 is 0. The topological polar surface area (TPSA) is 18.5 Å². The van der Waals surface area contributed by atoms with Crippen molar-refractivity contribution in [3.05, 3.63) is 29.8 Å². The molecule has 16 heavy (non-hydrogen) atoms. The van der Waals surface area contributed by atoms with Gasteiger partial charge in [0.15, 0.2) is 6.29 Å². The van der Waals surface area contributed by atoms with Gasteiger partial charge < -0.3 is 9.47 Å². The van der Waals surface area contributed by atoms with Crippen molar-refractivity contribution >= 4 is 9.52 Å². The maximum absolute atomic E-state index is 5.78. The van der Waals surface area contributed by atoms with Crippen LogP contribution in [0.25, 0.3) is 0 Å². The first-order valence-corrected chi connectivity index (χ1v) is 8.67. The lowest BCUT2D eigenvalue weighted by molar-refractivity contribution is -0.105. The summed E-state index contributed by atoms with van der Waals surface area (Å²) in [7, 11) is 0.113. The Hall–Kier alpha value is -0.803. The highest BCUT2D eigenvalue weighted by atomic mass is 28.2. The van der Waals surface area contributed by atoms with Gasteiger partial charge in [-0.1, -0.05) is 24.2 Å². The van der Waals surface area contributed by atoms with Crippen LogP contribution < -0.4 is 4.74 Å². The summed E-state index contributed by atoms with van der Waals surface area (Å²) in [5.74, 6) is 0.938. The smallest absolute Gasteiger partial charge is 0.199 e. The van der Waals surface area contributed by atoms with Gasteiger partial charge in [-0.05, 0) is 31.0 Å². The van der Waals surface area contributed by atoms with E-state index in [1.54, 1.807) is 0 Å². The molecule has 3 heteroatoms. The Morgan fingerprint density at radius 1 is 1.31 bits per heavy atom. The van der Waals surface area contributed by atoms with Gasteiger partial charge in [0.05, 0.1) is 6.61 Å². The Kier molecular flexibility index (Phi) is 4.42. The van der Waals surface area contributed by atoms with Crippen molar-refractivity contribution in [3.63, 3.8) is 0 Å². The molecule has 1 aliphatic rings. The zero-order chi connectivity index (χ0) is 11.2. The van der Waals surface area contributed by atoms with Crippen LogP contribution >= 0.6 is 0 Å². The zero-order valence-corrected chi connectivity index (χ0v) is 11.4. The molecule has 0 aromatic heterocycles. The Balaban J connectivity index is 1.88. The van der Waals surface area contributed by atoms with Gasteiger partial charge in [0, 0.05) is 15.9 Å². The van der Waals surface area contributed by atoms with E-state index in [2.05, 4.69) is 30.8 Å². The maximum atomic E-state index is 5.78. The van der Waals surface area contributed by atoms with E-state index in [0.717, 1.165) is 18.8 Å². The quantitative estimate of drug-likeness (QED) is 0.747. The van der Waals surface area contributed by atoms with Gasteiger partial charge in [-0.15, -0.1) is 0 Å². The molecule has 1 aromatic rings. The minimum atomic E-state index is -0.0276. The molecule has 88 valence electrons. The maximum Gasteiger partial charge on any atom is 0.199 e. The predicted molar refractivity (Wildman–Crippen MR) is 68.8 cm³/mol. The van der Waals surface area contributed by atoms with Gasteiger partial charge in [0.1, 0.15) is 5.75 Å². The Bertz CT molecular complexity index is 304. The molecular formula is C13H20O2Si. The van der Waals surface area contributed by atoms with Crippen LogP contribution in [0.4, 0.5) is 0 Å². The van der Waals surface area contributed by atoms with Gasteiger partial charge in [0.25, 0.3) is 0 Å². The molecule has 1 heterocycles. The standard InChI is InChI=1S/C13H20O2Si/c1-16-10-11-5-7-12(8-6-11)15-13-4-2-3-9-14-13/h5-8,13H,2-4,9-10,16H2,1H3. The van der Waals surface area contributed by atoms with Gasteiger partial charge in [-0.3, -0.25) is 0 Å². The van der Waals surface area contributed by atoms with Crippen molar-refractivity contribution in [1.82, 2.24) is 0 Å². The van der Waals surface area contributed by atoms with Crippen LogP contribution in [0.5, 0.6) is 5.75 Å². The van der Waals surface area contributed by atoms with Crippen molar-refractivity contribution < 1.29 is 9.47 Å². The molecule has 0 saturated carbocycles. The lowest BCUT2D eigenvalue weighted by atomic mass is 10.2. The summed E-state index contributed by atoms with van der Waals surface area (Å²) < 4.78 is 11.3. The van der Waals surface area contributed by atoms with E-state index in [4.69, 9.17) is 9.47 Å². The molecule has 1 atom stereocenters. The summed E-state index contributed by atoms with van der Waals surface area (Å²) in [6.07, 6.45) is 3.37. The first-order valence-electron chi connectivity index (χ1n) is 6.25. The van der Waals surface area contributed by atoms with Gasteiger partial charge in [-0.25, -0.2) is 0 Å². The molecule has 0 amide bonds. The van der Waals surface area contributed by atoms with Crippen molar-refractivity contribution in [1.29, 1.82) is 0 Å². The van der Waals surface area contributed by atoms with Crippen molar-refractivity contribution in [2.45, 2.75) is 38.1 Å². The Labute approximate surface area is 99.8 Å². The van der Waals surface area contributed by atoms with Crippen molar-refractivity contribution in [3.8, 4) is 5.75 Å². The average molecular weight is 236 g/mol. The fourth-order valence-electron chi connectivity index (χ4n) is 1.98. The van der Waals surface area contributed by atoms with Crippen LogP contribution in [0.2, 0.25) is 6.55 Å². The monoisotopic (exact) mass is 236 g/mol. The molecule has 0 spiro atoms. The minimum Gasteiger partial charge on any atom is -0.465 e. The first-order chi connectivity index (χ1) is 7.88. The largest absolute Gasteiger partial charge is 0.465 e. The van der Waals surface area contributed by atoms with E-state index in [1.165, 1.54) is 24.4 Å². The first kappa shape index (κ1) is 11.7. The molecule has 0 bridgehead atoms. The second kappa shape index (κ2) is 6.06. The van der Waals surface area contributed by atoms with E-state index < -0.39 is 0 Å². The molecule has 1 saturated heterocycles. The summed E-state index contributed by atoms with van der Waals surface area (Å²) in [5.41, 5.74) is 1.44. The minimum absolute atomic E-state index is 0.0276. The molecule has 1 aliphatic heterocycles. The van der Waals surface area contributed by atoms with Crippen LogP contribution in [0.3, 0.4) is 0 Å². The third kappa shape index (κ3) is 3.35. The third-order valence-electron chi connectivity index (χ3n) is 2.87. The second-order valence-corrected chi connectivity index (χ2v) is 5.81. The molecule has 0 radical (unpaired) electrons. The summed E-state index contributed by atoms with van der Waals surface area (Å²) in [6.45, 7) is 3.17. The summed E-state index contributed by atoms with van der Waals surface area (Å²) in [5, 5.41) is 0. The predicted octanol–water partition coefficient (Wildman–Crippen LogP) is 2.31. The number of benzene rings is 1. The highest BCUT2D eigenvalue weighted by Crippen LogP contribution is 2.19. The number of hydrogen-bond donors (Lipinski definition) is 0. The Morgan fingerprint density at radius 3 is 2.75 bits per heavy atom. The van der Waals surface area contributed by atoms with Crippen LogP contribution in [0, 0.1) is 0 Å². The lowest BCUT2D eigenvalue weighted by Crippen LogP contribution is -2.24. The normalized spacial score (nSPS) is 21.4. The summed E-state index contributed by atoms with van der Waals surface area (Å²) in [6, 6.07) is 9.76. The Morgan fingerprint density at radius 2 is 2.12 bits per heavy atom. The molecule has 0 N–H and O–H groups in total. The van der Waals surface area contributed by atoms with E-state index in [1.807, 2.05) is 0 Å². The molecule has 2 nitrogen and oxygen atoms in total. The third-order valence-corrected chi connectivity index (χ3v) is 3.94. The lowest BCUT2D eigenvalue weighted by Gasteiger charge is -2.23. The van der Waals surface area contributed by atoms with E-state index >= 15 is 0 Å². The molecule has 1 unspecified atom stereocenters. The van der Waals surface area contributed by atoms with Gasteiger partial charge >= 0.3 is 0 Å². The average Bonchev–Trinajstić information content (AvgIpc) is 2.33. The molecule has 0 aliphatic carbocycles.